The summed E-state index contributed by atoms with van der Waals surface area (Å²) in [5.74, 6) is 1.02. The summed E-state index contributed by atoms with van der Waals surface area (Å²) in [5, 5.41) is 9.40. The van der Waals surface area contributed by atoms with E-state index in [1.165, 1.54) is 5.30 Å². The summed E-state index contributed by atoms with van der Waals surface area (Å²) in [6, 6.07) is 18.1. The van der Waals surface area contributed by atoms with Gasteiger partial charge >= 0.3 is 0 Å². The van der Waals surface area contributed by atoms with E-state index in [1.807, 2.05) is 48.5 Å². The van der Waals surface area contributed by atoms with Gasteiger partial charge in [0.15, 0.2) is 5.82 Å². The van der Waals surface area contributed by atoms with Crippen molar-refractivity contribution >= 4 is 58.9 Å². The lowest BCUT2D eigenvalue weighted by molar-refractivity contribution is 1.17. The Bertz CT molecular complexity index is 1130. The van der Waals surface area contributed by atoms with Gasteiger partial charge in [-0.1, -0.05) is 55.9 Å². The molecule has 0 radical (unpaired) electrons. The van der Waals surface area contributed by atoms with Crippen molar-refractivity contribution < 1.29 is 0 Å². The van der Waals surface area contributed by atoms with Crippen LogP contribution >= 0.6 is 19.5 Å². The number of para-hydroxylation sites is 2. The number of rotatable bonds is 5. The maximum Gasteiger partial charge on any atom is 0.229 e. The molecule has 0 saturated heterocycles. The lowest BCUT2D eigenvalue weighted by Gasteiger charge is -2.15. The van der Waals surface area contributed by atoms with Crippen LogP contribution in [0.15, 0.2) is 67.0 Å². The van der Waals surface area contributed by atoms with Crippen molar-refractivity contribution in [2.45, 2.75) is 0 Å². The van der Waals surface area contributed by atoms with Gasteiger partial charge in [-0.3, -0.25) is 4.98 Å². The summed E-state index contributed by atoms with van der Waals surface area (Å²) in [4.78, 5) is 13.4. The summed E-state index contributed by atoms with van der Waals surface area (Å²) >= 11 is 6.35. The number of pyridine rings is 1. The normalized spacial score (nSPS) is 11.0. The number of fused-ring (bicyclic) bond motifs is 1. The molecule has 4 rings (SSSR count). The van der Waals surface area contributed by atoms with Crippen LogP contribution in [0.2, 0.25) is 5.02 Å². The molecule has 0 fully saturated rings. The molecular weight excluding hydrogens is 389 g/mol. The van der Waals surface area contributed by atoms with Gasteiger partial charge < -0.3 is 10.6 Å². The van der Waals surface area contributed by atoms with Gasteiger partial charge in [-0.25, -0.2) is 4.98 Å². The fourth-order valence-corrected chi connectivity index (χ4v) is 4.07. The van der Waals surface area contributed by atoms with Crippen LogP contribution < -0.4 is 15.9 Å². The quantitative estimate of drug-likeness (QED) is 0.426. The molecule has 0 spiro atoms. The summed E-state index contributed by atoms with van der Waals surface area (Å²) in [5.41, 5.74) is 2.72. The molecule has 140 valence electrons. The molecule has 0 saturated carbocycles. The molecule has 0 unspecified atom stereocenters. The fraction of sp³-hybridized carbons (Fsp3) is 0.0952. The maximum absolute atomic E-state index is 6.35. The van der Waals surface area contributed by atoms with Crippen molar-refractivity contribution in [2.75, 3.05) is 24.0 Å². The van der Waals surface area contributed by atoms with E-state index in [9.17, 15) is 0 Å². The van der Waals surface area contributed by atoms with E-state index in [0.29, 0.717) is 16.8 Å². The van der Waals surface area contributed by atoms with Gasteiger partial charge in [-0.05, 0) is 36.8 Å². The minimum atomic E-state index is -0.262. The molecule has 28 heavy (non-hydrogen) atoms. The Hall–Kier alpha value is -2.75. The van der Waals surface area contributed by atoms with Crippen LogP contribution in [0.4, 0.5) is 23.1 Å². The Labute approximate surface area is 170 Å². The van der Waals surface area contributed by atoms with Crippen LogP contribution in [0, 0.1) is 0 Å². The van der Waals surface area contributed by atoms with Crippen LogP contribution in [0.5, 0.6) is 0 Å². The second-order valence-electron chi connectivity index (χ2n) is 6.43. The van der Waals surface area contributed by atoms with Gasteiger partial charge in [-0.2, -0.15) is 4.98 Å². The molecular formula is C21H19ClN5P. The number of nitrogens with zero attached hydrogens (tertiary/aromatic N) is 3. The van der Waals surface area contributed by atoms with Crippen LogP contribution in [0.3, 0.4) is 0 Å². The molecule has 2 aromatic carbocycles. The zero-order chi connectivity index (χ0) is 19.5. The predicted octanol–water partition coefficient (Wildman–Crippen LogP) is 5.53. The standard InChI is InChI=1S/C21H19ClN5P/c1-28(2)18-11-4-3-9-16(18)25-20-15(22)13-24-21(27-20)26-17-10-5-7-14-8-6-12-23-19(14)17/h3-13H,1-2H3,(H2,24,25,26,27). The Morgan fingerprint density at radius 1 is 0.857 bits per heavy atom. The van der Waals surface area contributed by atoms with E-state index in [2.05, 4.69) is 45.0 Å². The Balaban J connectivity index is 1.66. The summed E-state index contributed by atoms with van der Waals surface area (Å²) in [6.45, 7) is 4.44. The number of hydrogen-bond acceptors (Lipinski definition) is 5. The van der Waals surface area contributed by atoms with E-state index in [0.717, 1.165) is 22.3 Å². The van der Waals surface area contributed by atoms with Gasteiger partial charge in [0.25, 0.3) is 0 Å². The Kier molecular flexibility index (Phi) is 5.38. The lowest BCUT2D eigenvalue weighted by Crippen LogP contribution is -2.09. The Morgan fingerprint density at radius 3 is 2.50 bits per heavy atom. The first kappa shape index (κ1) is 18.6. The third kappa shape index (κ3) is 3.91. The van der Waals surface area contributed by atoms with Crippen LogP contribution in [-0.2, 0) is 0 Å². The van der Waals surface area contributed by atoms with Gasteiger partial charge in [0.05, 0.1) is 17.4 Å². The highest BCUT2D eigenvalue weighted by atomic mass is 35.5. The molecule has 0 aliphatic carbocycles. The molecule has 0 amide bonds. The molecule has 2 aromatic heterocycles. The third-order valence-electron chi connectivity index (χ3n) is 4.26. The molecule has 0 aliphatic heterocycles. The first-order chi connectivity index (χ1) is 13.6. The van der Waals surface area contributed by atoms with Crippen LogP contribution in [0.1, 0.15) is 0 Å². The maximum atomic E-state index is 6.35. The number of anilines is 4. The van der Waals surface area contributed by atoms with Crippen LogP contribution in [0.25, 0.3) is 10.9 Å². The van der Waals surface area contributed by atoms with Crippen molar-refractivity contribution in [3.8, 4) is 0 Å². The van der Waals surface area contributed by atoms with E-state index >= 15 is 0 Å². The van der Waals surface area contributed by atoms with E-state index in [-0.39, 0.29) is 7.92 Å². The highest BCUT2D eigenvalue weighted by Gasteiger charge is 2.11. The highest BCUT2D eigenvalue weighted by Crippen LogP contribution is 2.31. The van der Waals surface area contributed by atoms with Crippen LogP contribution in [-0.4, -0.2) is 28.3 Å². The summed E-state index contributed by atoms with van der Waals surface area (Å²) < 4.78 is 0. The monoisotopic (exact) mass is 407 g/mol. The highest BCUT2D eigenvalue weighted by molar-refractivity contribution is 7.64. The zero-order valence-corrected chi connectivity index (χ0v) is 17.2. The molecule has 5 nitrogen and oxygen atoms in total. The second kappa shape index (κ2) is 8.09. The molecule has 4 aromatic rings. The minimum Gasteiger partial charge on any atom is -0.338 e. The number of aromatic nitrogens is 3. The number of hydrogen-bond donors (Lipinski definition) is 2. The second-order valence-corrected chi connectivity index (χ2v) is 9.11. The van der Waals surface area contributed by atoms with E-state index in [4.69, 9.17) is 11.6 Å². The smallest absolute Gasteiger partial charge is 0.229 e. The number of halogens is 1. The zero-order valence-electron chi connectivity index (χ0n) is 15.5. The van der Waals surface area contributed by atoms with Crippen molar-refractivity contribution in [1.29, 1.82) is 0 Å². The average molecular weight is 408 g/mol. The molecule has 0 bridgehead atoms. The van der Waals surface area contributed by atoms with E-state index in [1.54, 1.807) is 12.4 Å². The summed E-state index contributed by atoms with van der Waals surface area (Å²) in [7, 11) is -0.262. The Morgan fingerprint density at radius 2 is 1.64 bits per heavy atom. The molecule has 0 aliphatic rings. The van der Waals surface area contributed by atoms with Crippen molar-refractivity contribution in [1.82, 2.24) is 15.0 Å². The first-order valence-electron chi connectivity index (χ1n) is 8.78. The van der Waals surface area contributed by atoms with Gasteiger partial charge in [0.1, 0.15) is 5.02 Å². The van der Waals surface area contributed by atoms with Crippen molar-refractivity contribution in [3.63, 3.8) is 0 Å². The number of benzene rings is 2. The molecule has 7 heteroatoms. The minimum absolute atomic E-state index is 0.262. The third-order valence-corrected chi connectivity index (χ3v) is 5.89. The predicted molar refractivity (Wildman–Crippen MR) is 120 cm³/mol. The van der Waals surface area contributed by atoms with Crippen molar-refractivity contribution in [3.05, 3.63) is 72.0 Å². The number of nitrogens with one attached hydrogen (secondary N) is 2. The topological polar surface area (TPSA) is 62.7 Å². The van der Waals surface area contributed by atoms with Crippen molar-refractivity contribution in [2.24, 2.45) is 0 Å². The average Bonchev–Trinajstić information content (AvgIpc) is 2.71. The van der Waals surface area contributed by atoms with Gasteiger partial charge in [0, 0.05) is 17.3 Å². The SMILES string of the molecule is CP(C)c1ccccc1Nc1nc(Nc2cccc3cccnc23)ncc1Cl. The van der Waals surface area contributed by atoms with Gasteiger partial charge in [0.2, 0.25) is 5.95 Å². The molecule has 2 heterocycles. The largest absolute Gasteiger partial charge is 0.338 e. The van der Waals surface area contributed by atoms with Gasteiger partial charge in [-0.15, -0.1) is 0 Å². The summed E-state index contributed by atoms with van der Waals surface area (Å²) in [6.07, 6.45) is 3.37. The molecule has 2 N–H and O–H groups in total. The first-order valence-corrected chi connectivity index (χ1v) is 11.4. The lowest BCUT2D eigenvalue weighted by atomic mass is 10.2. The molecule has 0 atom stereocenters. The fourth-order valence-electron chi connectivity index (χ4n) is 2.94. The van der Waals surface area contributed by atoms with E-state index < -0.39 is 0 Å².